The number of guanidine groups is 1. The van der Waals surface area contributed by atoms with E-state index in [1.54, 1.807) is 20.3 Å². The van der Waals surface area contributed by atoms with Crippen molar-refractivity contribution in [3.05, 3.63) is 35.7 Å². The Morgan fingerprint density at radius 3 is 2.40 bits per heavy atom. The van der Waals surface area contributed by atoms with Crippen LogP contribution in [0.5, 0.6) is 11.5 Å². The average molecular weight is 431 g/mol. The molecule has 1 fully saturated rings. The topological polar surface area (TPSA) is 93.1 Å². The van der Waals surface area contributed by atoms with E-state index in [2.05, 4.69) is 30.5 Å². The van der Waals surface area contributed by atoms with Gasteiger partial charge in [0.1, 0.15) is 11.5 Å². The van der Waals surface area contributed by atoms with Crippen molar-refractivity contribution < 1.29 is 14.2 Å². The van der Waals surface area contributed by atoms with Gasteiger partial charge in [0.05, 0.1) is 33.1 Å². The Morgan fingerprint density at radius 2 is 1.77 bits per heavy atom. The minimum atomic E-state index is 0.275. The van der Waals surface area contributed by atoms with E-state index in [0.29, 0.717) is 55.4 Å². The van der Waals surface area contributed by atoms with Crippen LogP contribution in [0.1, 0.15) is 11.4 Å². The van der Waals surface area contributed by atoms with Crippen LogP contribution in [0.3, 0.4) is 0 Å². The number of aromatic nitrogens is 2. The van der Waals surface area contributed by atoms with E-state index in [4.69, 9.17) is 26.4 Å². The number of ether oxygens (including phenoxy) is 3. The first-order valence-corrected chi connectivity index (χ1v) is 9.93. The van der Waals surface area contributed by atoms with Gasteiger partial charge in [-0.3, -0.25) is 5.32 Å². The molecule has 160 valence electrons. The molecule has 1 saturated heterocycles. The molecule has 0 unspecified atom stereocenters. The predicted octanol–water partition coefficient (Wildman–Crippen LogP) is 2.61. The lowest BCUT2D eigenvalue weighted by Gasteiger charge is -2.29. The zero-order valence-corrected chi connectivity index (χ0v) is 18.4. The summed E-state index contributed by atoms with van der Waals surface area (Å²) in [5.74, 6) is 2.33. The van der Waals surface area contributed by atoms with E-state index in [1.165, 1.54) is 0 Å². The zero-order valence-electron chi connectivity index (χ0n) is 17.6. The van der Waals surface area contributed by atoms with Gasteiger partial charge in [-0.2, -0.15) is 4.99 Å². The zero-order chi connectivity index (χ0) is 21.5. The smallest absolute Gasteiger partial charge is 0.229 e. The summed E-state index contributed by atoms with van der Waals surface area (Å²) in [6, 6.07) is 7.34. The number of nitrogens with one attached hydrogen (secondary N) is 2. The Morgan fingerprint density at radius 1 is 1.07 bits per heavy atom. The van der Waals surface area contributed by atoms with Crippen LogP contribution in [-0.2, 0) is 4.74 Å². The number of hydrogen-bond acceptors (Lipinski definition) is 6. The molecule has 3 rings (SSSR count). The standard InChI is InChI=1S/C20H26N6O3S/c1-13-11-14(2)22-18(21-13)24-19(26-7-9-29-10-8-26)25-20(30)23-16-6-5-15(27-3)12-17(16)28-4/h5-6,11-12H,7-10H2,1-4H3,(H2,21,22,23,24,25,30). The minimum absolute atomic E-state index is 0.275. The van der Waals surface area contributed by atoms with Gasteiger partial charge in [-0.05, 0) is 44.3 Å². The van der Waals surface area contributed by atoms with Crippen LogP contribution < -0.4 is 20.1 Å². The summed E-state index contributed by atoms with van der Waals surface area (Å²) in [6.07, 6.45) is 0. The second-order valence-corrected chi connectivity index (χ2v) is 7.02. The fourth-order valence-corrected chi connectivity index (χ4v) is 3.17. The second kappa shape index (κ2) is 10.2. The summed E-state index contributed by atoms with van der Waals surface area (Å²) in [6.45, 7) is 6.44. The molecule has 1 aliphatic rings. The number of benzene rings is 1. The quantitative estimate of drug-likeness (QED) is 0.431. The first-order chi connectivity index (χ1) is 14.5. The number of aliphatic imine (C=N–C) groups is 1. The molecule has 0 aliphatic carbocycles. The number of morpholine rings is 1. The molecule has 2 N–H and O–H groups in total. The second-order valence-electron chi connectivity index (χ2n) is 6.63. The molecular formula is C20H26N6O3S. The van der Waals surface area contributed by atoms with Crippen LogP contribution in [0.25, 0.3) is 0 Å². The van der Waals surface area contributed by atoms with Crippen LogP contribution >= 0.6 is 12.2 Å². The molecule has 0 bridgehead atoms. The summed E-state index contributed by atoms with van der Waals surface area (Å²) < 4.78 is 16.1. The van der Waals surface area contributed by atoms with Crippen molar-refractivity contribution in [1.29, 1.82) is 0 Å². The highest BCUT2D eigenvalue weighted by Crippen LogP contribution is 2.29. The molecule has 0 amide bonds. The first-order valence-electron chi connectivity index (χ1n) is 9.52. The molecule has 9 nitrogen and oxygen atoms in total. The van der Waals surface area contributed by atoms with Crippen LogP contribution in [0.2, 0.25) is 0 Å². The van der Waals surface area contributed by atoms with Crippen molar-refractivity contribution in [2.45, 2.75) is 13.8 Å². The third kappa shape index (κ3) is 5.77. The largest absolute Gasteiger partial charge is 0.497 e. The number of anilines is 2. The molecule has 1 aromatic carbocycles. The van der Waals surface area contributed by atoms with Gasteiger partial charge in [0.25, 0.3) is 0 Å². The van der Waals surface area contributed by atoms with Gasteiger partial charge >= 0.3 is 0 Å². The van der Waals surface area contributed by atoms with E-state index < -0.39 is 0 Å². The number of thiocarbonyl (C=S) groups is 1. The van der Waals surface area contributed by atoms with Crippen LogP contribution in [0.4, 0.5) is 11.6 Å². The molecule has 1 aromatic heterocycles. The molecular weight excluding hydrogens is 404 g/mol. The number of methoxy groups -OCH3 is 2. The van der Waals surface area contributed by atoms with Crippen molar-refractivity contribution in [1.82, 2.24) is 14.9 Å². The maximum Gasteiger partial charge on any atom is 0.229 e. The minimum Gasteiger partial charge on any atom is -0.497 e. The summed E-state index contributed by atoms with van der Waals surface area (Å²) in [5.41, 5.74) is 2.43. The molecule has 0 spiro atoms. The highest BCUT2D eigenvalue weighted by Gasteiger charge is 2.18. The lowest BCUT2D eigenvalue weighted by molar-refractivity contribution is 0.0680. The summed E-state index contributed by atoms with van der Waals surface area (Å²) in [5, 5.41) is 6.60. The van der Waals surface area contributed by atoms with E-state index in [1.807, 2.05) is 32.0 Å². The van der Waals surface area contributed by atoms with Gasteiger partial charge < -0.3 is 24.4 Å². The molecule has 0 radical (unpaired) electrons. The normalized spacial score (nSPS) is 14.3. The van der Waals surface area contributed by atoms with Gasteiger partial charge in [0.2, 0.25) is 17.0 Å². The van der Waals surface area contributed by atoms with Gasteiger partial charge in [-0.25, -0.2) is 9.97 Å². The SMILES string of the molecule is COc1ccc(NC(=S)/N=C(/Nc2nc(C)cc(C)n2)N2CCOCC2)c(OC)c1. The summed E-state index contributed by atoms with van der Waals surface area (Å²) in [7, 11) is 3.19. The Labute approximate surface area is 181 Å². The third-order valence-electron chi connectivity index (χ3n) is 4.37. The van der Waals surface area contributed by atoms with Crippen molar-refractivity contribution in [2.75, 3.05) is 51.2 Å². The van der Waals surface area contributed by atoms with Gasteiger partial charge in [0, 0.05) is 30.5 Å². The fraction of sp³-hybridized carbons (Fsp3) is 0.400. The maximum atomic E-state index is 5.49. The number of nitrogens with zero attached hydrogens (tertiary/aromatic N) is 4. The highest BCUT2D eigenvalue weighted by molar-refractivity contribution is 7.80. The Hall–Kier alpha value is -2.98. The van der Waals surface area contributed by atoms with E-state index in [9.17, 15) is 0 Å². The summed E-state index contributed by atoms with van der Waals surface area (Å²) in [4.78, 5) is 15.6. The number of rotatable bonds is 4. The molecule has 2 aromatic rings. The average Bonchev–Trinajstić information content (AvgIpc) is 2.73. The van der Waals surface area contributed by atoms with E-state index in [-0.39, 0.29) is 5.11 Å². The van der Waals surface area contributed by atoms with Crippen molar-refractivity contribution >= 4 is 34.9 Å². The molecule has 10 heteroatoms. The molecule has 30 heavy (non-hydrogen) atoms. The Balaban J connectivity index is 1.84. The van der Waals surface area contributed by atoms with Crippen molar-refractivity contribution in [2.24, 2.45) is 4.99 Å². The van der Waals surface area contributed by atoms with Crippen molar-refractivity contribution in [3.8, 4) is 11.5 Å². The van der Waals surface area contributed by atoms with E-state index in [0.717, 1.165) is 11.4 Å². The third-order valence-corrected chi connectivity index (χ3v) is 4.57. The van der Waals surface area contributed by atoms with Crippen molar-refractivity contribution in [3.63, 3.8) is 0 Å². The Kier molecular flexibility index (Phi) is 7.36. The highest BCUT2D eigenvalue weighted by atomic mass is 32.1. The number of aryl methyl sites for hydroxylation is 2. The molecule has 2 heterocycles. The van der Waals surface area contributed by atoms with Gasteiger partial charge in [-0.15, -0.1) is 0 Å². The molecule has 0 atom stereocenters. The fourth-order valence-electron chi connectivity index (χ4n) is 2.98. The first kappa shape index (κ1) is 21.7. The van der Waals surface area contributed by atoms with Crippen LogP contribution in [-0.4, -0.2) is 66.5 Å². The van der Waals surface area contributed by atoms with E-state index >= 15 is 0 Å². The number of hydrogen-bond donors (Lipinski definition) is 2. The van der Waals surface area contributed by atoms with Gasteiger partial charge in [0.15, 0.2) is 0 Å². The molecule has 1 aliphatic heterocycles. The summed E-state index contributed by atoms with van der Waals surface area (Å²) >= 11 is 5.49. The molecule has 0 saturated carbocycles. The van der Waals surface area contributed by atoms with Crippen LogP contribution in [0.15, 0.2) is 29.3 Å². The Bertz CT molecular complexity index is 911. The maximum absolute atomic E-state index is 5.49. The van der Waals surface area contributed by atoms with Crippen LogP contribution in [0, 0.1) is 13.8 Å². The lowest BCUT2D eigenvalue weighted by Crippen LogP contribution is -2.45. The predicted molar refractivity (Wildman–Crippen MR) is 121 cm³/mol. The monoisotopic (exact) mass is 430 g/mol. The van der Waals surface area contributed by atoms with Gasteiger partial charge in [-0.1, -0.05) is 0 Å². The lowest BCUT2D eigenvalue weighted by atomic mass is 10.2.